The van der Waals surface area contributed by atoms with E-state index in [1.165, 1.54) is 11.3 Å². The Morgan fingerprint density at radius 2 is 1.88 bits per heavy atom. The fraction of sp³-hybridized carbons (Fsp3) is 0.263. The maximum Gasteiger partial charge on any atom is 0.257 e. The molecule has 0 bridgehead atoms. The molecule has 0 fully saturated rings. The molecular formula is C19H21N3O2S. The molecule has 0 radical (unpaired) electrons. The van der Waals surface area contributed by atoms with Gasteiger partial charge in [-0.3, -0.25) is 10.1 Å². The highest BCUT2D eigenvalue weighted by Crippen LogP contribution is 2.29. The molecule has 0 unspecified atom stereocenters. The summed E-state index contributed by atoms with van der Waals surface area (Å²) in [5.74, 6) is 0.623. The van der Waals surface area contributed by atoms with Gasteiger partial charge >= 0.3 is 0 Å². The van der Waals surface area contributed by atoms with E-state index < -0.39 is 0 Å². The van der Waals surface area contributed by atoms with Crippen LogP contribution in [0.4, 0.5) is 10.8 Å². The van der Waals surface area contributed by atoms with Gasteiger partial charge < -0.3 is 9.64 Å². The monoisotopic (exact) mass is 355 g/mol. The predicted molar refractivity (Wildman–Crippen MR) is 104 cm³/mol. The second-order valence-electron chi connectivity index (χ2n) is 5.53. The van der Waals surface area contributed by atoms with Gasteiger partial charge in [0, 0.05) is 24.3 Å². The maximum absolute atomic E-state index is 12.5. The van der Waals surface area contributed by atoms with Crippen molar-refractivity contribution < 1.29 is 9.53 Å². The van der Waals surface area contributed by atoms with E-state index in [4.69, 9.17) is 4.74 Å². The Morgan fingerprint density at radius 3 is 2.52 bits per heavy atom. The van der Waals surface area contributed by atoms with Crippen molar-refractivity contribution in [2.75, 3.05) is 30.4 Å². The molecule has 3 aromatic rings. The molecule has 1 N–H and O–H groups in total. The second-order valence-corrected chi connectivity index (χ2v) is 6.56. The summed E-state index contributed by atoms with van der Waals surface area (Å²) in [7, 11) is 1.63. The number of carbonyl (C=O) groups is 1. The van der Waals surface area contributed by atoms with E-state index in [1.807, 2.05) is 42.5 Å². The largest absolute Gasteiger partial charge is 0.497 e. The number of methoxy groups -OCH3 is 1. The highest BCUT2D eigenvalue weighted by atomic mass is 32.1. The van der Waals surface area contributed by atoms with Gasteiger partial charge in [0.15, 0.2) is 5.13 Å². The van der Waals surface area contributed by atoms with E-state index in [2.05, 4.69) is 29.0 Å². The lowest BCUT2D eigenvalue weighted by atomic mass is 10.2. The Hall–Kier alpha value is -2.60. The first-order valence-electron chi connectivity index (χ1n) is 8.25. The molecule has 6 heteroatoms. The standard InChI is InChI=1S/C19H21N3O2S/c1-4-22(5-2)14-8-6-13(7-9-14)18(23)21-19-20-16-11-10-15(24-3)12-17(16)25-19/h6-12H,4-5H2,1-3H3,(H,20,21,23). The van der Waals surface area contributed by atoms with Gasteiger partial charge in [-0.1, -0.05) is 11.3 Å². The van der Waals surface area contributed by atoms with E-state index in [0.29, 0.717) is 10.7 Å². The van der Waals surface area contributed by atoms with Crippen molar-refractivity contribution in [3.63, 3.8) is 0 Å². The van der Waals surface area contributed by atoms with Crippen molar-refractivity contribution >= 4 is 38.3 Å². The zero-order valence-corrected chi connectivity index (χ0v) is 15.4. The molecule has 0 aliphatic carbocycles. The van der Waals surface area contributed by atoms with Gasteiger partial charge in [0.1, 0.15) is 5.75 Å². The lowest BCUT2D eigenvalue weighted by Crippen LogP contribution is -2.21. The first kappa shape index (κ1) is 17.2. The Bertz CT molecular complexity index is 870. The fourth-order valence-corrected chi connectivity index (χ4v) is 3.56. The van der Waals surface area contributed by atoms with Gasteiger partial charge in [-0.25, -0.2) is 4.98 Å². The van der Waals surface area contributed by atoms with Crippen LogP contribution >= 0.6 is 11.3 Å². The maximum atomic E-state index is 12.5. The molecule has 0 aliphatic rings. The third kappa shape index (κ3) is 3.74. The number of nitrogens with one attached hydrogen (secondary N) is 1. The molecule has 5 nitrogen and oxygen atoms in total. The van der Waals surface area contributed by atoms with Crippen molar-refractivity contribution in [3.8, 4) is 5.75 Å². The summed E-state index contributed by atoms with van der Waals surface area (Å²) in [6.45, 7) is 6.12. The lowest BCUT2D eigenvalue weighted by Gasteiger charge is -2.20. The molecule has 2 aromatic carbocycles. The number of hydrogen-bond acceptors (Lipinski definition) is 5. The number of ether oxygens (including phenoxy) is 1. The van der Waals surface area contributed by atoms with E-state index >= 15 is 0 Å². The number of hydrogen-bond donors (Lipinski definition) is 1. The average Bonchev–Trinajstić information content (AvgIpc) is 3.04. The summed E-state index contributed by atoms with van der Waals surface area (Å²) in [6, 6.07) is 13.3. The number of thiazole rings is 1. The summed E-state index contributed by atoms with van der Waals surface area (Å²) in [5.41, 5.74) is 2.58. The van der Waals surface area contributed by atoms with Crippen LogP contribution in [-0.4, -0.2) is 31.1 Å². The van der Waals surface area contributed by atoms with Crippen LogP contribution in [0.2, 0.25) is 0 Å². The molecule has 0 aliphatic heterocycles. The molecule has 1 aromatic heterocycles. The Morgan fingerprint density at radius 1 is 1.16 bits per heavy atom. The second kappa shape index (κ2) is 7.53. The normalized spacial score (nSPS) is 10.7. The number of carbonyl (C=O) groups excluding carboxylic acids is 1. The van der Waals surface area contributed by atoms with Crippen molar-refractivity contribution in [2.45, 2.75) is 13.8 Å². The highest BCUT2D eigenvalue weighted by molar-refractivity contribution is 7.22. The van der Waals surface area contributed by atoms with E-state index in [1.54, 1.807) is 7.11 Å². The first-order valence-corrected chi connectivity index (χ1v) is 9.07. The van der Waals surface area contributed by atoms with Gasteiger partial charge in [0.05, 0.1) is 17.3 Å². The third-order valence-electron chi connectivity index (χ3n) is 4.07. The number of rotatable bonds is 6. The van der Waals surface area contributed by atoms with Gasteiger partial charge in [0.2, 0.25) is 0 Å². The fourth-order valence-electron chi connectivity index (χ4n) is 2.67. The Kier molecular flexibility index (Phi) is 5.19. The van der Waals surface area contributed by atoms with Crippen molar-refractivity contribution in [3.05, 3.63) is 48.0 Å². The molecule has 0 spiro atoms. The molecule has 130 valence electrons. The number of benzene rings is 2. The molecule has 25 heavy (non-hydrogen) atoms. The SMILES string of the molecule is CCN(CC)c1ccc(C(=O)Nc2nc3ccc(OC)cc3s2)cc1. The van der Waals surface area contributed by atoms with Crippen LogP contribution < -0.4 is 15.0 Å². The van der Waals surface area contributed by atoms with Crippen LogP contribution in [0.15, 0.2) is 42.5 Å². The predicted octanol–water partition coefficient (Wildman–Crippen LogP) is 4.40. The summed E-state index contributed by atoms with van der Waals surface area (Å²) < 4.78 is 6.20. The van der Waals surface area contributed by atoms with Crippen LogP contribution in [0, 0.1) is 0 Å². The van der Waals surface area contributed by atoms with Crippen LogP contribution in [0.5, 0.6) is 5.75 Å². The Labute approximate surface area is 151 Å². The molecule has 3 rings (SSSR count). The number of anilines is 2. The van der Waals surface area contributed by atoms with Crippen molar-refractivity contribution in [1.29, 1.82) is 0 Å². The topological polar surface area (TPSA) is 54.5 Å². The molecular weight excluding hydrogens is 334 g/mol. The van der Waals surface area contributed by atoms with E-state index in [9.17, 15) is 4.79 Å². The quantitative estimate of drug-likeness (QED) is 0.712. The molecule has 1 amide bonds. The average molecular weight is 355 g/mol. The van der Waals surface area contributed by atoms with Crippen molar-refractivity contribution in [2.24, 2.45) is 0 Å². The van der Waals surface area contributed by atoms with Crippen molar-refractivity contribution in [1.82, 2.24) is 4.98 Å². The molecule has 1 heterocycles. The Balaban J connectivity index is 1.75. The van der Waals surface area contributed by atoms with Crippen LogP contribution in [0.25, 0.3) is 10.2 Å². The van der Waals surface area contributed by atoms with Crippen LogP contribution in [0.3, 0.4) is 0 Å². The smallest absolute Gasteiger partial charge is 0.257 e. The van der Waals surface area contributed by atoms with E-state index in [0.717, 1.165) is 34.7 Å². The number of amides is 1. The van der Waals surface area contributed by atoms with Crippen LogP contribution in [-0.2, 0) is 0 Å². The summed E-state index contributed by atoms with van der Waals surface area (Å²) in [4.78, 5) is 19.1. The minimum atomic E-state index is -0.155. The third-order valence-corrected chi connectivity index (χ3v) is 5.01. The summed E-state index contributed by atoms with van der Waals surface area (Å²) in [6.07, 6.45) is 0. The van der Waals surface area contributed by atoms with Gasteiger partial charge in [-0.15, -0.1) is 0 Å². The first-order chi connectivity index (χ1) is 12.1. The molecule has 0 atom stereocenters. The number of nitrogens with zero attached hydrogens (tertiary/aromatic N) is 2. The number of aromatic nitrogens is 1. The molecule has 0 saturated heterocycles. The van der Waals surface area contributed by atoms with Gasteiger partial charge in [-0.05, 0) is 56.3 Å². The summed E-state index contributed by atoms with van der Waals surface area (Å²) in [5, 5.41) is 3.46. The number of fused-ring (bicyclic) bond motifs is 1. The van der Waals surface area contributed by atoms with Gasteiger partial charge in [-0.2, -0.15) is 0 Å². The minimum absolute atomic E-state index is 0.155. The zero-order valence-electron chi connectivity index (χ0n) is 14.6. The van der Waals surface area contributed by atoms with Gasteiger partial charge in [0.25, 0.3) is 5.91 Å². The highest BCUT2D eigenvalue weighted by Gasteiger charge is 2.11. The lowest BCUT2D eigenvalue weighted by molar-refractivity contribution is 0.102. The summed E-state index contributed by atoms with van der Waals surface area (Å²) >= 11 is 1.43. The van der Waals surface area contributed by atoms with Crippen LogP contribution in [0.1, 0.15) is 24.2 Å². The minimum Gasteiger partial charge on any atom is -0.497 e. The zero-order chi connectivity index (χ0) is 17.8. The van der Waals surface area contributed by atoms with E-state index in [-0.39, 0.29) is 5.91 Å². The molecule has 0 saturated carbocycles.